The second kappa shape index (κ2) is 6.44. The SMILES string of the molecule is Cc1ccc(S(=O)(=O)N2C(=O)[C@@]34CCC(Br)=C3N(c3ccccc3)[C@@H]2CC4)cc1. The average molecular weight is 473 g/mol. The van der Waals surface area contributed by atoms with E-state index in [1.54, 1.807) is 24.3 Å². The van der Waals surface area contributed by atoms with Crippen molar-refractivity contribution < 1.29 is 13.2 Å². The van der Waals surface area contributed by atoms with Gasteiger partial charge in [-0.15, -0.1) is 0 Å². The molecule has 4 aliphatic rings. The normalized spacial score (nSPS) is 26.3. The number of para-hydroxylation sites is 1. The first-order valence-electron chi connectivity index (χ1n) is 9.75. The summed E-state index contributed by atoms with van der Waals surface area (Å²) < 4.78 is 29.3. The lowest BCUT2D eigenvalue weighted by molar-refractivity contribution is -0.143. The fourth-order valence-corrected chi connectivity index (χ4v) is 7.33. The largest absolute Gasteiger partial charge is 0.321 e. The van der Waals surface area contributed by atoms with E-state index in [-0.39, 0.29) is 10.8 Å². The van der Waals surface area contributed by atoms with Gasteiger partial charge in [-0.1, -0.05) is 51.8 Å². The topological polar surface area (TPSA) is 57.7 Å². The first-order chi connectivity index (χ1) is 13.9. The van der Waals surface area contributed by atoms with E-state index in [2.05, 4.69) is 20.8 Å². The number of aryl methyl sites for hydroxylation is 1. The van der Waals surface area contributed by atoms with Crippen molar-refractivity contribution in [1.29, 1.82) is 0 Å². The van der Waals surface area contributed by atoms with Crippen molar-refractivity contribution in [2.75, 3.05) is 4.90 Å². The number of hydrogen-bond donors (Lipinski definition) is 0. The number of nitrogens with zero attached hydrogens (tertiary/aromatic N) is 2. The van der Waals surface area contributed by atoms with Gasteiger partial charge in [0.25, 0.3) is 10.0 Å². The van der Waals surface area contributed by atoms with E-state index < -0.39 is 21.6 Å². The molecule has 3 fully saturated rings. The zero-order valence-corrected chi connectivity index (χ0v) is 18.4. The van der Waals surface area contributed by atoms with E-state index >= 15 is 0 Å². The van der Waals surface area contributed by atoms with Crippen LogP contribution in [0, 0.1) is 12.3 Å². The molecular formula is C22H21BrN2O3S. The predicted octanol–water partition coefficient (Wildman–Crippen LogP) is 4.54. The van der Waals surface area contributed by atoms with E-state index in [1.165, 1.54) is 0 Å². The van der Waals surface area contributed by atoms with Crippen LogP contribution in [0.25, 0.3) is 0 Å². The quantitative estimate of drug-likeness (QED) is 0.657. The van der Waals surface area contributed by atoms with Gasteiger partial charge >= 0.3 is 0 Å². The molecule has 1 amide bonds. The molecule has 29 heavy (non-hydrogen) atoms. The summed E-state index contributed by atoms with van der Waals surface area (Å²) in [7, 11) is -3.96. The Balaban J connectivity index is 1.69. The fourth-order valence-electron chi connectivity index (χ4n) is 4.94. The Hall–Kier alpha value is -2.12. The summed E-state index contributed by atoms with van der Waals surface area (Å²) in [6.07, 6.45) is 2.13. The summed E-state index contributed by atoms with van der Waals surface area (Å²) in [6.45, 7) is 1.91. The number of fused-ring (bicyclic) bond motifs is 2. The third-order valence-electron chi connectivity index (χ3n) is 6.34. The van der Waals surface area contributed by atoms with Crippen molar-refractivity contribution in [2.45, 2.75) is 43.7 Å². The molecule has 7 heteroatoms. The molecule has 3 saturated heterocycles. The third kappa shape index (κ3) is 2.56. The summed E-state index contributed by atoms with van der Waals surface area (Å²) >= 11 is 3.68. The maximum absolute atomic E-state index is 13.7. The van der Waals surface area contributed by atoms with Gasteiger partial charge in [-0.2, -0.15) is 0 Å². The van der Waals surface area contributed by atoms with Crippen LogP contribution in [0.1, 0.15) is 31.2 Å². The Bertz CT molecular complexity index is 1130. The van der Waals surface area contributed by atoms with Crippen molar-refractivity contribution in [2.24, 2.45) is 5.41 Å². The monoisotopic (exact) mass is 472 g/mol. The Morgan fingerprint density at radius 2 is 1.72 bits per heavy atom. The molecule has 2 atom stereocenters. The maximum Gasteiger partial charge on any atom is 0.268 e. The number of amides is 1. The number of piperidine rings is 2. The van der Waals surface area contributed by atoms with Gasteiger partial charge in [0.1, 0.15) is 6.17 Å². The fraction of sp³-hybridized carbons (Fsp3) is 0.318. The average Bonchev–Trinajstić information content (AvgIpc) is 3.07. The van der Waals surface area contributed by atoms with Crippen LogP contribution in [0.5, 0.6) is 0 Å². The first-order valence-corrected chi connectivity index (χ1v) is 12.0. The summed E-state index contributed by atoms with van der Waals surface area (Å²) in [6, 6.07) is 16.5. The Labute approximate surface area is 179 Å². The highest BCUT2D eigenvalue weighted by atomic mass is 79.9. The Morgan fingerprint density at radius 1 is 1.03 bits per heavy atom. The third-order valence-corrected chi connectivity index (χ3v) is 8.91. The molecule has 0 aromatic heterocycles. The van der Waals surface area contributed by atoms with Crippen LogP contribution >= 0.6 is 15.9 Å². The molecule has 0 unspecified atom stereocenters. The van der Waals surface area contributed by atoms with E-state index in [0.717, 1.165) is 32.2 Å². The predicted molar refractivity (Wildman–Crippen MR) is 115 cm³/mol. The van der Waals surface area contributed by atoms with Crippen molar-refractivity contribution in [3.8, 4) is 0 Å². The highest BCUT2D eigenvalue weighted by Crippen LogP contribution is 2.60. The molecule has 1 aliphatic carbocycles. The smallest absolute Gasteiger partial charge is 0.268 e. The molecule has 3 aliphatic heterocycles. The molecule has 150 valence electrons. The molecule has 1 spiro atoms. The lowest BCUT2D eigenvalue weighted by atomic mass is 9.72. The second-order valence-electron chi connectivity index (χ2n) is 7.98. The summed E-state index contributed by atoms with van der Waals surface area (Å²) in [4.78, 5) is 15.9. The van der Waals surface area contributed by atoms with Gasteiger partial charge < -0.3 is 4.90 Å². The second-order valence-corrected chi connectivity index (χ2v) is 10.8. The number of hydrogen-bond acceptors (Lipinski definition) is 4. The van der Waals surface area contributed by atoms with Crippen LogP contribution in [0.15, 0.2) is 69.7 Å². The Morgan fingerprint density at radius 3 is 2.41 bits per heavy atom. The van der Waals surface area contributed by atoms with Gasteiger partial charge in [-0.05, 0) is 56.9 Å². The molecule has 0 radical (unpaired) electrons. The van der Waals surface area contributed by atoms with Gasteiger partial charge in [0.05, 0.1) is 10.3 Å². The van der Waals surface area contributed by atoms with E-state index in [0.29, 0.717) is 19.3 Å². The van der Waals surface area contributed by atoms with E-state index in [9.17, 15) is 13.2 Å². The van der Waals surface area contributed by atoms with Crippen LogP contribution in [-0.4, -0.2) is 24.8 Å². The number of sulfonamides is 1. The van der Waals surface area contributed by atoms with Crippen LogP contribution in [-0.2, 0) is 14.8 Å². The van der Waals surface area contributed by atoms with Crippen LogP contribution < -0.4 is 4.90 Å². The summed E-state index contributed by atoms with van der Waals surface area (Å²) in [5.74, 6) is -0.286. The van der Waals surface area contributed by atoms with Crippen molar-refractivity contribution in [3.63, 3.8) is 0 Å². The van der Waals surface area contributed by atoms with Gasteiger partial charge in [-0.3, -0.25) is 4.79 Å². The van der Waals surface area contributed by atoms with E-state index in [4.69, 9.17) is 0 Å². The highest BCUT2D eigenvalue weighted by Gasteiger charge is 2.63. The van der Waals surface area contributed by atoms with Gasteiger partial charge in [0, 0.05) is 15.9 Å². The van der Waals surface area contributed by atoms with Gasteiger partial charge in [-0.25, -0.2) is 12.7 Å². The summed E-state index contributed by atoms with van der Waals surface area (Å²) in [5.41, 5.74) is 2.05. The number of halogens is 1. The minimum absolute atomic E-state index is 0.163. The molecule has 0 N–H and O–H groups in total. The molecule has 5 nitrogen and oxygen atoms in total. The van der Waals surface area contributed by atoms with Crippen LogP contribution in [0.4, 0.5) is 5.69 Å². The van der Waals surface area contributed by atoms with Crippen molar-refractivity contribution in [1.82, 2.24) is 4.31 Å². The van der Waals surface area contributed by atoms with Gasteiger partial charge in [0.2, 0.25) is 5.91 Å². The molecule has 2 bridgehead atoms. The zero-order chi connectivity index (χ0) is 20.4. The maximum atomic E-state index is 13.7. The van der Waals surface area contributed by atoms with Gasteiger partial charge in [0.15, 0.2) is 0 Å². The van der Waals surface area contributed by atoms with E-state index in [1.807, 2.05) is 37.3 Å². The first kappa shape index (κ1) is 18.9. The minimum Gasteiger partial charge on any atom is -0.321 e. The standard InChI is InChI=1S/C22H21BrN2O3S/c1-15-7-9-17(10-8-15)29(27,28)25-19-12-14-22(21(25)26)13-11-18(23)20(22)24(19)16-5-3-2-4-6-16/h2-10,19H,11-14H2,1H3/t19-,22+/m0/s1. The number of anilines is 1. The molecule has 2 aromatic rings. The van der Waals surface area contributed by atoms with Crippen molar-refractivity contribution >= 4 is 37.5 Å². The van der Waals surface area contributed by atoms with Crippen LogP contribution in [0.3, 0.4) is 0 Å². The lowest BCUT2D eigenvalue weighted by Crippen LogP contribution is -2.68. The van der Waals surface area contributed by atoms with Crippen LogP contribution in [0.2, 0.25) is 0 Å². The molecule has 3 heterocycles. The number of rotatable bonds is 3. The number of carbonyl (C=O) groups is 1. The highest BCUT2D eigenvalue weighted by molar-refractivity contribution is 9.11. The number of benzene rings is 2. The molecule has 2 aromatic carbocycles. The van der Waals surface area contributed by atoms with Crippen molar-refractivity contribution in [3.05, 3.63) is 70.3 Å². The number of carbonyl (C=O) groups excluding carboxylic acids is 1. The Kier molecular flexibility index (Phi) is 4.19. The molecule has 6 rings (SSSR count). The minimum atomic E-state index is -3.96. The molecule has 0 saturated carbocycles. The lowest BCUT2D eigenvalue weighted by Gasteiger charge is -2.56. The zero-order valence-electron chi connectivity index (χ0n) is 16.0. The summed E-state index contributed by atoms with van der Waals surface area (Å²) in [5, 5.41) is 0. The number of allylic oxidation sites excluding steroid dienone is 1. The molecular weight excluding hydrogens is 452 g/mol.